The molecule has 0 heterocycles. The second kappa shape index (κ2) is 10.6. The van der Waals surface area contributed by atoms with E-state index in [2.05, 4.69) is 12.6 Å². The van der Waals surface area contributed by atoms with Crippen LogP contribution in [0.15, 0.2) is 79.4 Å². The van der Waals surface area contributed by atoms with E-state index in [-0.39, 0.29) is 5.69 Å². The van der Waals surface area contributed by atoms with Gasteiger partial charge in [0.25, 0.3) is 5.69 Å². The zero-order valence-electron chi connectivity index (χ0n) is 17.7. The number of nitriles is 1. The summed E-state index contributed by atoms with van der Waals surface area (Å²) < 4.78 is 11.7. The molecule has 0 aromatic heterocycles. The molecule has 0 saturated carbocycles. The summed E-state index contributed by atoms with van der Waals surface area (Å²) in [6, 6.07) is 21.6. The highest BCUT2D eigenvalue weighted by molar-refractivity contribution is 5.90. The van der Waals surface area contributed by atoms with Gasteiger partial charge in [0.15, 0.2) is 11.5 Å². The Hall–Kier alpha value is -4.37. The summed E-state index contributed by atoms with van der Waals surface area (Å²) in [6.45, 7) is 4.22. The van der Waals surface area contributed by atoms with Crippen LogP contribution in [0.25, 0.3) is 11.6 Å². The quantitative estimate of drug-likeness (QED) is 0.138. The lowest BCUT2D eigenvalue weighted by Crippen LogP contribution is -2.01. The van der Waals surface area contributed by atoms with E-state index in [0.717, 1.165) is 16.7 Å². The number of allylic oxidation sites excluding steroid dienone is 2. The Morgan fingerprint density at radius 2 is 1.88 bits per heavy atom. The van der Waals surface area contributed by atoms with E-state index in [1.54, 1.807) is 37.5 Å². The van der Waals surface area contributed by atoms with Crippen molar-refractivity contribution in [3.8, 4) is 17.6 Å². The van der Waals surface area contributed by atoms with E-state index in [0.29, 0.717) is 35.7 Å². The maximum Gasteiger partial charge on any atom is 0.269 e. The minimum absolute atomic E-state index is 0.0269. The second-order valence-electron chi connectivity index (χ2n) is 6.95. The van der Waals surface area contributed by atoms with Crippen LogP contribution in [0.5, 0.6) is 11.5 Å². The lowest BCUT2D eigenvalue weighted by Gasteiger charge is -2.16. The molecular weight excluding hydrogens is 404 g/mol. The Kier molecular flexibility index (Phi) is 7.39. The summed E-state index contributed by atoms with van der Waals surface area (Å²) in [6.07, 6.45) is 4.05. The first-order valence-corrected chi connectivity index (χ1v) is 9.91. The fraction of sp³-hybridized carbons (Fsp3) is 0.115. The van der Waals surface area contributed by atoms with Crippen molar-refractivity contribution in [1.82, 2.24) is 0 Å². The van der Waals surface area contributed by atoms with Crippen molar-refractivity contribution in [3.05, 3.63) is 112 Å². The number of non-ortho nitro benzene ring substituents is 1. The minimum atomic E-state index is -0.472. The van der Waals surface area contributed by atoms with Gasteiger partial charge in [-0.15, -0.1) is 6.58 Å². The minimum Gasteiger partial charge on any atom is -0.493 e. The largest absolute Gasteiger partial charge is 0.493 e. The van der Waals surface area contributed by atoms with E-state index in [1.165, 1.54) is 12.1 Å². The topological polar surface area (TPSA) is 85.4 Å². The fourth-order valence-corrected chi connectivity index (χ4v) is 3.23. The van der Waals surface area contributed by atoms with Crippen LogP contribution in [0.2, 0.25) is 0 Å². The van der Waals surface area contributed by atoms with Gasteiger partial charge >= 0.3 is 0 Å². The third-order valence-corrected chi connectivity index (χ3v) is 4.78. The Morgan fingerprint density at radius 1 is 1.16 bits per heavy atom. The molecule has 0 aliphatic carbocycles. The fourth-order valence-electron chi connectivity index (χ4n) is 3.23. The van der Waals surface area contributed by atoms with Gasteiger partial charge in [-0.25, -0.2) is 0 Å². The molecule has 0 spiro atoms. The molecule has 0 atom stereocenters. The number of ether oxygens (including phenoxy) is 2. The number of hydrogen-bond donors (Lipinski definition) is 0. The third kappa shape index (κ3) is 5.41. The van der Waals surface area contributed by atoms with Gasteiger partial charge in [0, 0.05) is 17.7 Å². The highest BCUT2D eigenvalue weighted by atomic mass is 16.6. The molecule has 32 heavy (non-hydrogen) atoms. The predicted molar refractivity (Wildman–Crippen MR) is 124 cm³/mol. The summed E-state index contributed by atoms with van der Waals surface area (Å²) in [5.74, 6) is 1.18. The monoisotopic (exact) mass is 426 g/mol. The molecule has 0 aliphatic heterocycles. The number of rotatable bonds is 9. The van der Waals surface area contributed by atoms with Crippen molar-refractivity contribution >= 4 is 17.3 Å². The standard InChI is InChI=1S/C26H22N2O4/c1-3-7-22-14-20(15-23(17-27)21-10-12-24(13-11-21)28(29)30)16-25(31-2)26(22)32-18-19-8-5-4-6-9-19/h3-6,8-16H,1,7,18H2,2H3/b23-15+. The Balaban J connectivity index is 1.97. The van der Waals surface area contributed by atoms with Gasteiger partial charge in [-0.1, -0.05) is 36.4 Å². The molecule has 0 N–H and O–H groups in total. The van der Waals surface area contributed by atoms with Crippen LogP contribution in [0.1, 0.15) is 22.3 Å². The van der Waals surface area contributed by atoms with Crippen LogP contribution in [-0.2, 0) is 13.0 Å². The molecule has 6 nitrogen and oxygen atoms in total. The smallest absolute Gasteiger partial charge is 0.269 e. The molecule has 0 unspecified atom stereocenters. The number of benzene rings is 3. The van der Waals surface area contributed by atoms with Crippen LogP contribution in [0.3, 0.4) is 0 Å². The zero-order chi connectivity index (χ0) is 22.9. The van der Waals surface area contributed by atoms with Gasteiger partial charge in [-0.3, -0.25) is 10.1 Å². The second-order valence-corrected chi connectivity index (χ2v) is 6.95. The SMILES string of the molecule is C=CCc1cc(/C=C(\C#N)c2ccc([N+](=O)[O-])cc2)cc(OC)c1OCc1ccccc1. The van der Waals surface area contributed by atoms with Crippen LogP contribution in [0.4, 0.5) is 5.69 Å². The van der Waals surface area contributed by atoms with E-state index < -0.39 is 4.92 Å². The number of nitro groups is 1. The normalized spacial score (nSPS) is 10.8. The number of hydrogen-bond acceptors (Lipinski definition) is 5. The molecule has 3 rings (SSSR count). The van der Waals surface area contributed by atoms with E-state index >= 15 is 0 Å². The Bertz CT molecular complexity index is 1180. The highest BCUT2D eigenvalue weighted by Crippen LogP contribution is 2.35. The van der Waals surface area contributed by atoms with Gasteiger partial charge in [0.1, 0.15) is 6.61 Å². The molecule has 0 radical (unpaired) electrons. The molecule has 0 bridgehead atoms. The van der Waals surface area contributed by atoms with E-state index in [1.807, 2.05) is 36.4 Å². The first kappa shape index (κ1) is 22.3. The van der Waals surface area contributed by atoms with Crippen LogP contribution < -0.4 is 9.47 Å². The summed E-state index contributed by atoms with van der Waals surface area (Å²) in [5.41, 5.74) is 3.60. The summed E-state index contributed by atoms with van der Waals surface area (Å²) >= 11 is 0. The lowest BCUT2D eigenvalue weighted by atomic mass is 10.0. The first-order valence-electron chi connectivity index (χ1n) is 9.91. The molecule has 3 aromatic rings. The van der Waals surface area contributed by atoms with Crippen molar-refractivity contribution in [3.63, 3.8) is 0 Å². The van der Waals surface area contributed by atoms with E-state index in [9.17, 15) is 15.4 Å². The highest BCUT2D eigenvalue weighted by Gasteiger charge is 2.14. The predicted octanol–water partition coefficient (Wildman–Crippen LogP) is 5.98. The summed E-state index contributed by atoms with van der Waals surface area (Å²) in [4.78, 5) is 10.4. The Labute approximate surface area is 186 Å². The van der Waals surface area contributed by atoms with Crippen molar-refractivity contribution in [1.29, 1.82) is 5.26 Å². The van der Waals surface area contributed by atoms with Crippen LogP contribution >= 0.6 is 0 Å². The average molecular weight is 426 g/mol. The van der Waals surface area contributed by atoms with Crippen molar-refractivity contribution in [2.75, 3.05) is 7.11 Å². The van der Waals surface area contributed by atoms with Crippen LogP contribution in [-0.4, -0.2) is 12.0 Å². The van der Waals surface area contributed by atoms with Crippen molar-refractivity contribution in [2.24, 2.45) is 0 Å². The molecule has 0 saturated heterocycles. The van der Waals surface area contributed by atoms with Gasteiger partial charge in [-0.2, -0.15) is 5.26 Å². The number of methoxy groups -OCH3 is 1. The van der Waals surface area contributed by atoms with Gasteiger partial charge in [-0.05, 0) is 53.5 Å². The number of nitrogens with zero attached hydrogens (tertiary/aromatic N) is 2. The van der Waals surface area contributed by atoms with Crippen molar-refractivity contribution < 1.29 is 14.4 Å². The third-order valence-electron chi connectivity index (χ3n) is 4.78. The molecule has 3 aromatic carbocycles. The van der Waals surface area contributed by atoms with Gasteiger partial charge in [0.2, 0.25) is 0 Å². The Morgan fingerprint density at radius 3 is 2.47 bits per heavy atom. The molecule has 6 heteroatoms. The average Bonchev–Trinajstić information content (AvgIpc) is 2.82. The maximum absolute atomic E-state index is 10.9. The molecule has 160 valence electrons. The van der Waals surface area contributed by atoms with Crippen molar-refractivity contribution in [2.45, 2.75) is 13.0 Å². The molecule has 0 amide bonds. The molecule has 0 fully saturated rings. The zero-order valence-corrected chi connectivity index (χ0v) is 17.7. The first-order chi connectivity index (χ1) is 15.5. The van der Waals surface area contributed by atoms with E-state index in [4.69, 9.17) is 9.47 Å². The maximum atomic E-state index is 10.9. The lowest BCUT2D eigenvalue weighted by molar-refractivity contribution is -0.384. The molecular formula is C26H22N2O4. The van der Waals surface area contributed by atoms with Crippen LogP contribution in [0, 0.1) is 21.4 Å². The van der Waals surface area contributed by atoms with Gasteiger partial charge in [0.05, 0.1) is 23.7 Å². The molecule has 0 aliphatic rings. The summed E-state index contributed by atoms with van der Waals surface area (Å²) in [5, 5.41) is 20.5. The van der Waals surface area contributed by atoms with Gasteiger partial charge < -0.3 is 9.47 Å². The summed E-state index contributed by atoms with van der Waals surface area (Å²) in [7, 11) is 1.57. The number of nitro benzene ring substituents is 1.